The average Bonchev–Trinajstić information content (AvgIpc) is 3.23. The van der Waals surface area contributed by atoms with Crippen LogP contribution in [0, 0.1) is 0 Å². The van der Waals surface area contributed by atoms with Gasteiger partial charge in [-0.05, 0) is 48.9 Å². The molecule has 3 aromatic heterocycles. The predicted octanol–water partition coefficient (Wildman–Crippen LogP) is 6.79. The summed E-state index contributed by atoms with van der Waals surface area (Å²) in [5.74, 6) is 0. The van der Waals surface area contributed by atoms with Crippen LogP contribution in [0.25, 0.3) is 33.1 Å². The number of hydrogen-bond acceptors (Lipinski definition) is 2. The van der Waals surface area contributed by atoms with Gasteiger partial charge in [-0.15, -0.1) is 0 Å². The highest BCUT2D eigenvalue weighted by molar-refractivity contribution is 6.76. The number of H-pyrrole nitrogens is 1. The van der Waals surface area contributed by atoms with E-state index in [0.29, 0.717) is 5.15 Å². The summed E-state index contributed by atoms with van der Waals surface area (Å²) in [6.45, 7) is 10.1. The van der Waals surface area contributed by atoms with Crippen molar-refractivity contribution in [3.05, 3.63) is 53.4 Å². The minimum absolute atomic E-state index is 0.00813. The van der Waals surface area contributed by atoms with Crippen molar-refractivity contribution >= 4 is 41.5 Å². The van der Waals surface area contributed by atoms with Crippen LogP contribution in [0.1, 0.15) is 18.6 Å². The third-order valence-electron chi connectivity index (χ3n) is 5.55. The molecular weight excluding hydrogens is 398 g/mol. The number of fused-ring (bicyclic) bond motifs is 2. The first-order valence-corrected chi connectivity index (χ1v) is 14.2. The number of aromatic amines is 1. The highest BCUT2D eigenvalue weighted by atomic mass is 35.5. The van der Waals surface area contributed by atoms with Crippen LogP contribution in [-0.2, 0) is 11.8 Å². The van der Waals surface area contributed by atoms with E-state index in [4.69, 9.17) is 16.3 Å². The predicted molar refractivity (Wildman–Crippen MR) is 126 cm³/mol. The van der Waals surface area contributed by atoms with Crippen molar-refractivity contribution < 1.29 is 4.74 Å². The molecule has 29 heavy (non-hydrogen) atoms. The second-order valence-electron chi connectivity index (χ2n) is 8.98. The number of nitrogens with zero attached hydrogens (tertiary/aromatic N) is 2. The summed E-state index contributed by atoms with van der Waals surface area (Å²) in [6, 6.07) is 11.9. The Morgan fingerprint density at radius 3 is 2.72 bits per heavy atom. The van der Waals surface area contributed by atoms with Gasteiger partial charge in [0.2, 0.25) is 0 Å². The van der Waals surface area contributed by atoms with Crippen LogP contribution in [0.4, 0.5) is 0 Å². The molecule has 0 saturated heterocycles. The zero-order chi connectivity index (χ0) is 20.8. The molecule has 152 valence electrons. The van der Waals surface area contributed by atoms with E-state index in [1.165, 1.54) is 16.5 Å². The molecule has 1 N–H and O–H groups in total. The van der Waals surface area contributed by atoms with Gasteiger partial charge < -0.3 is 14.3 Å². The Bertz CT molecular complexity index is 1170. The molecule has 0 aliphatic rings. The van der Waals surface area contributed by atoms with Crippen molar-refractivity contribution in [2.24, 2.45) is 7.05 Å². The highest BCUT2D eigenvalue weighted by Crippen LogP contribution is 2.36. The lowest BCUT2D eigenvalue weighted by Gasteiger charge is -2.21. The molecule has 0 fully saturated rings. The van der Waals surface area contributed by atoms with E-state index >= 15 is 0 Å². The van der Waals surface area contributed by atoms with Gasteiger partial charge in [-0.3, -0.25) is 0 Å². The van der Waals surface area contributed by atoms with Crippen LogP contribution in [0.15, 0.2) is 42.7 Å². The zero-order valence-electron chi connectivity index (χ0n) is 17.7. The Hall–Kier alpha value is -2.08. The number of hydrogen-bond donors (Lipinski definition) is 1. The Balaban J connectivity index is 1.79. The molecule has 0 aliphatic heterocycles. The fourth-order valence-corrected chi connectivity index (χ4v) is 4.67. The number of aromatic nitrogens is 3. The summed E-state index contributed by atoms with van der Waals surface area (Å²) < 4.78 is 8.49. The van der Waals surface area contributed by atoms with E-state index in [1.54, 1.807) is 0 Å². The molecule has 0 aliphatic carbocycles. The molecule has 4 aromatic rings. The van der Waals surface area contributed by atoms with Gasteiger partial charge in [0.05, 0.1) is 17.8 Å². The van der Waals surface area contributed by atoms with Gasteiger partial charge in [0.15, 0.2) is 0 Å². The van der Waals surface area contributed by atoms with E-state index in [2.05, 4.69) is 72.4 Å². The molecule has 4 rings (SSSR count). The topological polar surface area (TPSA) is 42.8 Å². The monoisotopic (exact) mass is 425 g/mol. The summed E-state index contributed by atoms with van der Waals surface area (Å²) in [7, 11) is 0.952. The lowest BCUT2D eigenvalue weighted by molar-refractivity contribution is 0.0762. The van der Waals surface area contributed by atoms with Crippen molar-refractivity contribution in [3.8, 4) is 11.3 Å². The summed E-state index contributed by atoms with van der Waals surface area (Å²) in [5.41, 5.74) is 5.72. The molecule has 1 unspecified atom stereocenters. The molecule has 0 radical (unpaired) electrons. The second-order valence-corrected chi connectivity index (χ2v) is 15.0. The first kappa shape index (κ1) is 20.2. The fraction of sp³-hybridized carbons (Fsp3) is 0.348. The average molecular weight is 426 g/mol. The minimum atomic E-state index is -1.13. The van der Waals surface area contributed by atoms with E-state index in [9.17, 15) is 0 Å². The van der Waals surface area contributed by atoms with Crippen LogP contribution in [0.2, 0.25) is 30.8 Å². The third kappa shape index (κ3) is 4.13. The van der Waals surface area contributed by atoms with E-state index in [-0.39, 0.29) is 6.10 Å². The van der Waals surface area contributed by atoms with Crippen LogP contribution in [0.3, 0.4) is 0 Å². The first-order valence-electron chi connectivity index (χ1n) is 10.1. The Morgan fingerprint density at radius 2 is 1.97 bits per heavy atom. The number of ether oxygens (including phenoxy) is 1. The molecule has 6 heteroatoms. The maximum atomic E-state index is 6.30. The van der Waals surface area contributed by atoms with E-state index in [0.717, 1.165) is 34.8 Å². The highest BCUT2D eigenvalue weighted by Gasteiger charge is 2.19. The van der Waals surface area contributed by atoms with Gasteiger partial charge >= 0.3 is 0 Å². The second kappa shape index (κ2) is 7.63. The molecule has 0 spiro atoms. The van der Waals surface area contributed by atoms with Gasteiger partial charge in [-0.1, -0.05) is 31.2 Å². The molecular formula is C23H28ClN3OSi. The van der Waals surface area contributed by atoms with E-state index < -0.39 is 8.07 Å². The van der Waals surface area contributed by atoms with Crippen molar-refractivity contribution in [2.45, 2.75) is 38.7 Å². The Kier molecular flexibility index (Phi) is 5.32. The summed E-state index contributed by atoms with van der Waals surface area (Å²) >= 11 is 6.12. The molecule has 1 aromatic carbocycles. The summed E-state index contributed by atoms with van der Waals surface area (Å²) in [4.78, 5) is 7.60. The number of benzene rings is 1. The number of halogens is 1. The maximum Gasteiger partial charge on any atom is 0.129 e. The molecule has 0 amide bonds. The first-order chi connectivity index (χ1) is 13.7. The van der Waals surface area contributed by atoms with Gasteiger partial charge in [0.1, 0.15) is 5.15 Å². The van der Waals surface area contributed by atoms with Crippen LogP contribution in [0.5, 0.6) is 0 Å². The third-order valence-corrected chi connectivity index (χ3v) is 7.46. The van der Waals surface area contributed by atoms with Crippen LogP contribution >= 0.6 is 11.6 Å². The summed E-state index contributed by atoms with van der Waals surface area (Å²) in [6.07, 6.45) is 3.83. The Morgan fingerprint density at radius 1 is 1.17 bits per heavy atom. The molecule has 1 atom stereocenters. The number of aryl methyl sites for hydroxylation is 1. The molecule has 3 heterocycles. The number of nitrogens with one attached hydrogen (secondary N) is 1. The summed E-state index contributed by atoms with van der Waals surface area (Å²) in [5, 5.41) is 2.80. The van der Waals surface area contributed by atoms with Crippen molar-refractivity contribution in [1.29, 1.82) is 0 Å². The smallest absolute Gasteiger partial charge is 0.129 e. The zero-order valence-corrected chi connectivity index (χ0v) is 19.5. The quantitative estimate of drug-likeness (QED) is 0.273. The SMILES string of the molecule is CC(OCC[Si](C)(C)C)c1cc2[nH]ccc2cc1-c1cc2cc(Cl)ncc2n1C. The van der Waals surface area contributed by atoms with Crippen molar-refractivity contribution in [1.82, 2.24) is 14.5 Å². The molecule has 0 saturated carbocycles. The van der Waals surface area contributed by atoms with E-state index in [1.807, 2.05) is 18.5 Å². The van der Waals surface area contributed by atoms with Crippen LogP contribution < -0.4 is 0 Å². The maximum absolute atomic E-state index is 6.30. The molecule has 0 bridgehead atoms. The van der Waals surface area contributed by atoms with Gasteiger partial charge in [-0.25, -0.2) is 4.98 Å². The number of pyridine rings is 1. The van der Waals surface area contributed by atoms with Crippen molar-refractivity contribution in [3.63, 3.8) is 0 Å². The standard InChI is InChI=1S/C23H28ClN3OSi/c1-15(28-8-9-29(3,4)5)18-13-20-16(6-7-25-20)10-19(18)21-11-17-12-23(24)26-14-22(17)27(21)2/h6-7,10-15,25H,8-9H2,1-5H3. The van der Waals surface area contributed by atoms with Gasteiger partial charge in [-0.2, -0.15) is 0 Å². The van der Waals surface area contributed by atoms with Gasteiger partial charge in [0, 0.05) is 55.5 Å². The van der Waals surface area contributed by atoms with Crippen LogP contribution in [-0.4, -0.2) is 29.2 Å². The lowest BCUT2D eigenvalue weighted by Crippen LogP contribution is -2.22. The number of rotatable bonds is 6. The fourth-order valence-electron chi connectivity index (χ4n) is 3.77. The minimum Gasteiger partial charge on any atom is -0.374 e. The normalized spacial score (nSPS) is 13.4. The largest absolute Gasteiger partial charge is 0.374 e. The molecule has 4 nitrogen and oxygen atoms in total. The Labute approximate surface area is 177 Å². The lowest BCUT2D eigenvalue weighted by atomic mass is 9.98. The van der Waals surface area contributed by atoms with Crippen molar-refractivity contribution in [2.75, 3.05) is 6.61 Å². The van der Waals surface area contributed by atoms with Gasteiger partial charge in [0.25, 0.3) is 0 Å².